The predicted molar refractivity (Wildman–Crippen MR) is 79.8 cm³/mol. The van der Waals surface area contributed by atoms with E-state index >= 15 is 0 Å². The minimum Gasteiger partial charge on any atom is -0.389 e. The summed E-state index contributed by atoms with van der Waals surface area (Å²) in [5.74, 6) is 0. The maximum Gasteiger partial charge on any atom is 0.240 e. The molecule has 1 aromatic rings. The molecule has 0 fully saturated rings. The molecule has 1 unspecified atom stereocenters. The van der Waals surface area contributed by atoms with Crippen LogP contribution in [0.15, 0.2) is 29.2 Å². The maximum atomic E-state index is 12.0. The highest BCUT2D eigenvalue weighted by Crippen LogP contribution is 2.15. The molecule has 0 amide bonds. The van der Waals surface area contributed by atoms with Crippen LogP contribution in [0.2, 0.25) is 0 Å². The molecule has 108 valence electrons. The van der Waals surface area contributed by atoms with Crippen LogP contribution < -0.4 is 4.72 Å². The van der Waals surface area contributed by atoms with Crippen molar-refractivity contribution >= 4 is 26.0 Å². The van der Waals surface area contributed by atoms with E-state index in [4.69, 9.17) is 0 Å². The summed E-state index contributed by atoms with van der Waals surface area (Å²) >= 11 is 3.31. The van der Waals surface area contributed by atoms with Gasteiger partial charge in [-0.05, 0) is 31.0 Å². The van der Waals surface area contributed by atoms with Crippen molar-refractivity contribution in [1.82, 2.24) is 4.72 Å². The third-order valence-corrected chi connectivity index (χ3v) is 4.88. The van der Waals surface area contributed by atoms with Gasteiger partial charge in [-0.25, -0.2) is 13.1 Å². The van der Waals surface area contributed by atoms with Crippen molar-refractivity contribution in [3.05, 3.63) is 29.8 Å². The summed E-state index contributed by atoms with van der Waals surface area (Å²) in [6.07, 6.45) is 1.35. The topological polar surface area (TPSA) is 66.4 Å². The Hall–Kier alpha value is -0.430. The molecule has 19 heavy (non-hydrogen) atoms. The van der Waals surface area contributed by atoms with Crippen molar-refractivity contribution in [1.29, 1.82) is 0 Å². The number of aliphatic hydroxyl groups is 1. The molecule has 4 nitrogen and oxygen atoms in total. The van der Waals surface area contributed by atoms with Crippen LogP contribution in [0.5, 0.6) is 0 Å². The highest BCUT2D eigenvalue weighted by Gasteiger charge is 2.23. The Bertz CT molecular complexity index is 497. The molecule has 0 aliphatic heterocycles. The number of halogens is 1. The molecule has 1 aromatic carbocycles. The number of sulfonamides is 1. The van der Waals surface area contributed by atoms with Crippen molar-refractivity contribution in [3.8, 4) is 0 Å². The molecule has 0 saturated carbocycles. The maximum absolute atomic E-state index is 12.0. The molecule has 0 heterocycles. The zero-order valence-corrected chi connectivity index (χ0v) is 13.6. The molecule has 0 spiro atoms. The van der Waals surface area contributed by atoms with Crippen LogP contribution in [0.3, 0.4) is 0 Å². The number of alkyl halides is 1. The van der Waals surface area contributed by atoms with E-state index in [1.165, 1.54) is 0 Å². The van der Waals surface area contributed by atoms with Gasteiger partial charge in [0.1, 0.15) is 0 Å². The molecule has 0 aromatic heterocycles. The molecule has 0 aliphatic rings. The fourth-order valence-corrected chi connectivity index (χ4v) is 3.25. The summed E-state index contributed by atoms with van der Waals surface area (Å²) in [4.78, 5) is 0.212. The Morgan fingerprint density at radius 1 is 1.32 bits per heavy atom. The normalized spacial score (nSPS) is 15.2. The summed E-state index contributed by atoms with van der Waals surface area (Å²) < 4.78 is 26.5. The first kappa shape index (κ1) is 16.6. The fraction of sp³-hybridized carbons (Fsp3) is 0.538. The van der Waals surface area contributed by atoms with Crippen molar-refractivity contribution in [2.45, 2.75) is 42.5 Å². The summed E-state index contributed by atoms with van der Waals surface area (Å²) in [5, 5.41) is 10.7. The third-order valence-electron chi connectivity index (χ3n) is 2.82. The first-order chi connectivity index (χ1) is 8.80. The monoisotopic (exact) mass is 349 g/mol. The predicted octanol–water partition coefficient (Wildman–Crippen LogP) is 2.41. The Kier molecular flexibility index (Phi) is 5.98. The van der Waals surface area contributed by atoms with Gasteiger partial charge in [0.05, 0.1) is 10.5 Å². The van der Waals surface area contributed by atoms with E-state index in [0.29, 0.717) is 11.8 Å². The second kappa shape index (κ2) is 6.83. The molecule has 0 radical (unpaired) electrons. The van der Waals surface area contributed by atoms with E-state index in [1.54, 1.807) is 31.2 Å². The molecular formula is C13H20BrNO3S. The molecule has 1 rings (SSSR count). The summed E-state index contributed by atoms with van der Waals surface area (Å²) in [5.41, 5.74) is -0.00520. The zero-order chi connectivity index (χ0) is 14.5. The minimum absolute atomic E-state index is 0.0172. The van der Waals surface area contributed by atoms with E-state index in [2.05, 4.69) is 20.7 Å². The summed E-state index contributed by atoms with van der Waals surface area (Å²) in [7, 11) is -3.56. The lowest BCUT2D eigenvalue weighted by atomic mass is 10.0. The van der Waals surface area contributed by atoms with E-state index in [9.17, 15) is 13.5 Å². The molecule has 0 bridgehead atoms. The number of hydrogen-bond donors (Lipinski definition) is 2. The van der Waals surface area contributed by atoms with Crippen molar-refractivity contribution in [3.63, 3.8) is 0 Å². The minimum atomic E-state index is -3.56. The van der Waals surface area contributed by atoms with Gasteiger partial charge in [-0.1, -0.05) is 41.4 Å². The first-order valence-electron chi connectivity index (χ1n) is 6.18. The van der Waals surface area contributed by atoms with Gasteiger partial charge in [-0.3, -0.25) is 0 Å². The Morgan fingerprint density at radius 2 is 1.89 bits per heavy atom. The molecule has 2 N–H and O–H groups in total. The zero-order valence-electron chi connectivity index (χ0n) is 11.2. The van der Waals surface area contributed by atoms with Gasteiger partial charge in [0.15, 0.2) is 0 Å². The van der Waals surface area contributed by atoms with Gasteiger partial charge in [0.25, 0.3) is 0 Å². The lowest BCUT2D eigenvalue weighted by Crippen LogP contribution is -2.40. The smallest absolute Gasteiger partial charge is 0.240 e. The molecular weight excluding hydrogens is 330 g/mol. The standard InChI is InChI=1S/C13H20BrNO3S/c1-3-8-13(2,16)10-15-19(17,18)12-6-4-11(9-14)5-7-12/h4-7,15-16H,3,8-10H2,1-2H3. The number of rotatable bonds is 7. The first-order valence-corrected chi connectivity index (χ1v) is 8.78. The highest BCUT2D eigenvalue weighted by atomic mass is 79.9. The highest BCUT2D eigenvalue weighted by molar-refractivity contribution is 9.08. The fourth-order valence-electron chi connectivity index (χ4n) is 1.72. The van der Waals surface area contributed by atoms with E-state index in [-0.39, 0.29) is 11.4 Å². The number of benzene rings is 1. The van der Waals surface area contributed by atoms with Gasteiger partial charge in [0.2, 0.25) is 10.0 Å². The van der Waals surface area contributed by atoms with Crippen molar-refractivity contribution < 1.29 is 13.5 Å². The van der Waals surface area contributed by atoms with Crippen LogP contribution in [0.1, 0.15) is 32.3 Å². The van der Waals surface area contributed by atoms with Gasteiger partial charge in [0, 0.05) is 11.9 Å². The summed E-state index contributed by atoms with van der Waals surface area (Å²) in [6, 6.07) is 6.64. The second-order valence-corrected chi connectivity index (χ2v) is 7.18. The Morgan fingerprint density at radius 3 is 2.37 bits per heavy atom. The van der Waals surface area contributed by atoms with Gasteiger partial charge in [-0.2, -0.15) is 0 Å². The average molecular weight is 350 g/mol. The molecule has 0 saturated heterocycles. The third kappa shape index (κ3) is 5.22. The van der Waals surface area contributed by atoms with Crippen LogP contribution in [0.25, 0.3) is 0 Å². The Balaban J connectivity index is 2.75. The average Bonchev–Trinajstić information content (AvgIpc) is 2.37. The van der Waals surface area contributed by atoms with E-state index in [1.807, 2.05) is 6.92 Å². The van der Waals surface area contributed by atoms with Crippen LogP contribution in [-0.2, 0) is 15.4 Å². The quantitative estimate of drug-likeness (QED) is 0.742. The second-order valence-electron chi connectivity index (χ2n) is 4.85. The van der Waals surface area contributed by atoms with Crippen LogP contribution >= 0.6 is 15.9 Å². The van der Waals surface area contributed by atoms with Crippen LogP contribution in [0, 0.1) is 0 Å². The van der Waals surface area contributed by atoms with Crippen LogP contribution in [-0.4, -0.2) is 25.7 Å². The van der Waals surface area contributed by atoms with Crippen molar-refractivity contribution in [2.75, 3.05) is 6.54 Å². The summed E-state index contributed by atoms with van der Waals surface area (Å²) in [6.45, 7) is 3.60. The van der Waals surface area contributed by atoms with Gasteiger partial charge >= 0.3 is 0 Å². The number of nitrogens with one attached hydrogen (secondary N) is 1. The lowest BCUT2D eigenvalue weighted by Gasteiger charge is -2.22. The van der Waals surface area contributed by atoms with Gasteiger partial charge < -0.3 is 5.11 Å². The molecule has 0 aliphatic carbocycles. The molecule has 1 atom stereocenters. The van der Waals surface area contributed by atoms with E-state index < -0.39 is 15.6 Å². The van der Waals surface area contributed by atoms with Crippen LogP contribution in [0.4, 0.5) is 0 Å². The van der Waals surface area contributed by atoms with Crippen molar-refractivity contribution in [2.24, 2.45) is 0 Å². The number of hydrogen-bond acceptors (Lipinski definition) is 3. The lowest BCUT2D eigenvalue weighted by molar-refractivity contribution is 0.0554. The van der Waals surface area contributed by atoms with E-state index in [0.717, 1.165) is 12.0 Å². The Labute approximate surface area is 123 Å². The largest absolute Gasteiger partial charge is 0.389 e. The SMILES string of the molecule is CCCC(C)(O)CNS(=O)(=O)c1ccc(CBr)cc1. The van der Waals surface area contributed by atoms with Gasteiger partial charge in [-0.15, -0.1) is 0 Å². The molecule has 6 heteroatoms.